The lowest BCUT2D eigenvalue weighted by Crippen LogP contribution is -2.15. The number of hydrogen-bond donors (Lipinski definition) is 2. The van der Waals surface area contributed by atoms with Crippen LogP contribution in [0.2, 0.25) is 0 Å². The summed E-state index contributed by atoms with van der Waals surface area (Å²) < 4.78 is 6.20. The van der Waals surface area contributed by atoms with Crippen molar-refractivity contribution in [2.24, 2.45) is 0 Å². The van der Waals surface area contributed by atoms with E-state index in [0.29, 0.717) is 0 Å². The van der Waals surface area contributed by atoms with Gasteiger partial charge in [0.15, 0.2) is 0 Å². The number of benzene rings is 2. The number of aryl methyl sites for hydroxylation is 1. The standard InChI is InChI=1S/C16H18BrNO2/c1-11-9-12(3-8-15(11)17)16(10-19)18-13-4-6-14(20-2)7-5-13/h3-9,16,18-19H,10H2,1-2H3. The van der Waals surface area contributed by atoms with Crippen LogP contribution in [0.5, 0.6) is 5.75 Å². The normalized spacial score (nSPS) is 12.0. The highest BCUT2D eigenvalue weighted by molar-refractivity contribution is 9.10. The molecular formula is C16H18BrNO2. The molecular weight excluding hydrogens is 318 g/mol. The van der Waals surface area contributed by atoms with Crippen molar-refractivity contribution in [3.8, 4) is 5.75 Å². The molecule has 0 aliphatic carbocycles. The summed E-state index contributed by atoms with van der Waals surface area (Å²) in [5.74, 6) is 0.815. The molecule has 0 saturated carbocycles. The van der Waals surface area contributed by atoms with Gasteiger partial charge in [-0.3, -0.25) is 0 Å². The summed E-state index contributed by atoms with van der Waals surface area (Å²) in [5, 5.41) is 12.9. The maximum atomic E-state index is 9.60. The lowest BCUT2D eigenvalue weighted by Gasteiger charge is -2.19. The summed E-state index contributed by atoms with van der Waals surface area (Å²) in [7, 11) is 1.64. The van der Waals surface area contributed by atoms with Crippen molar-refractivity contribution in [3.63, 3.8) is 0 Å². The molecule has 106 valence electrons. The van der Waals surface area contributed by atoms with Gasteiger partial charge >= 0.3 is 0 Å². The van der Waals surface area contributed by atoms with Crippen molar-refractivity contribution in [1.82, 2.24) is 0 Å². The Labute approximate surface area is 127 Å². The third kappa shape index (κ3) is 3.52. The second kappa shape index (κ2) is 6.77. The Bertz CT molecular complexity index is 569. The number of hydrogen-bond acceptors (Lipinski definition) is 3. The highest BCUT2D eigenvalue weighted by atomic mass is 79.9. The van der Waals surface area contributed by atoms with E-state index in [1.165, 1.54) is 0 Å². The summed E-state index contributed by atoms with van der Waals surface area (Å²) in [6.45, 7) is 2.07. The first kappa shape index (κ1) is 14.9. The van der Waals surface area contributed by atoms with E-state index >= 15 is 0 Å². The Hall–Kier alpha value is -1.52. The monoisotopic (exact) mass is 335 g/mol. The molecule has 0 aliphatic heterocycles. The first-order valence-corrected chi connectivity index (χ1v) is 7.21. The van der Waals surface area contributed by atoms with Gasteiger partial charge in [0, 0.05) is 10.2 Å². The molecule has 0 saturated heterocycles. The van der Waals surface area contributed by atoms with E-state index < -0.39 is 0 Å². The maximum absolute atomic E-state index is 9.60. The molecule has 0 heterocycles. The van der Waals surface area contributed by atoms with Crippen LogP contribution in [0.1, 0.15) is 17.2 Å². The molecule has 0 amide bonds. The van der Waals surface area contributed by atoms with Crippen molar-refractivity contribution in [2.45, 2.75) is 13.0 Å². The zero-order chi connectivity index (χ0) is 14.5. The average Bonchev–Trinajstić information content (AvgIpc) is 2.48. The van der Waals surface area contributed by atoms with Gasteiger partial charge in [-0.15, -0.1) is 0 Å². The third-order valence-corrected chi connectivity index (χ3v) is 4.09. The number of ether oxygens (including phenoxy) is 1. The topological polar surface area (TPSA) is 41.5 Å². The molecule has 0 aliphatic rings. The van der Waals surface area contributed by atoms with Crippen LogP contribution in [-0.2, 0) is 0 Å². The van der Waals surface area contributed by atoms with E-state index in [2.05, 4.69) is 27.3 Å². The predicted molar refractivity (Wildman–Crippen MR) is 85.3 cm³/mol. The molecule has 0 radical (unpaired) electrons. The van der Waals surface area contributed by atoms with E-state index in [1.807, 2.05) is 43.3 Å². The smallest absolute Gasteiger partial charge is 0.119 e. The fourth-order valence-corrected chi connectivity index (χ4v) is 2.25. The third-order valence-electron chi connectivity index (χ3n) is 3.20. The van der Waals surface area contributed by atoms with Crippen LogP contribution in [-0.4, -0.2) is 18.8 Å². The van der Waals surface area contributed by atoms with Crippen LogP contribution in [0.15, 0.2) is 46.9 Å². The largest absolute Gasteiger partial charge is 0.497 e. The van der Waals surface area contributed by atoms with Crippen molar-refractivity contribution in [1.29, 1.82) is 0 Å². The fourth-order valence-electron chi connectivity index (χ4n) is 2.01. The summed E-state index contributed by atoms with van der Waals surface area (Å²) in [5.41, 5.74) is 3.16. The van der Waals surface area contributed by atoms with Crippen molar-refractivity contribution in [3.05, 3.63) is 58.1 Å². The van der Waals surface area contributed by atoms with Crippen LogP contribution in [0.25, 0.3) is 0 Å². The molecule has 0 bridgehead atoms. The molecule has 0 fully saturated rings. The fraction of sp³-hybridized carbons (Fsp3) is 0.250. The first-order chi connectivity index (χ1) is 9.63. The Morgan fingerprint density at radius 1 is 1.20 bits per heavy atom. The summed E-state index contributed by atoms with van der Waals surface area (Å²) >= 11 is 3.49. The Morgan fingerprint density at radius 3 is 2.45 bits per heavy atom. The van der Waals surface area contributed by atoms with Gasteiger partial charge in [-0.25, -0.2) is 0 Å². The van der Waals surface area contributed by atoms with E-state index in [0.717, 1.165) is 27.0 Å². The second-order valence-corrected chi connectivity index (χ2v) is 5.47. The summed E-state index contributed by atoms with van der Waals surface area (Å²) in [6, 6.07) is 13.6. The van der Waals surface area contributed by atoms with Gasteiger partial charge < -0.3 is 15.2 Å². The maximum Gasteiger partial charge on any atom is 0.119 e. The molecule has 0 spiro atoms. The number of halogens is 1. The predicted octanol–water partition coefficient (Wildman–Crippen LogP) is 3.91. The van der Waals surface area contributed by atoms with Gasteiger partial charge in [0.05, 0.1) is 19.8 Å². The number of nitrogens with one attached hydrogen (secondary N) is 1. The highest BCUT2D eigenvalue weighted by Gasteiger charge is 2.11. The summed E-state index contributed by atoms with van der Waals surface area (Å²) in [6.07, 6.45) is 0. The van der Waals surface area contributed by atoms with Crippen molar-refractivity contribution in [2.75, 3.05) is 19.0 Å². The SMILES string of the molecule is COc1ccc(NC(CO)c2ccc(Br)c(C)c2)cc1. The van der Waals surface area contributed by atoms with Crippen LogP contribution in [0.3, 0.4) is 0 Å². The number of rotatable bonds is 5. The highest BCUT2D eigenvalue weighted by Crippen LogP contribution is 2.25. The molecule has 20 heavy (non-hydrogen) atoms. The van der Waals surface area contributed by atoms with Gasteiger partial charge in [0.1, 0.15) is 5.75 Å². The molecule has 0 aromatic heterocycles. The number of aliphatic hydroxyl groups excluding tert-OH is 1. The van der Waals surface area contributed by atoms with Crippen LogP contribution < -0.4 is 10.1 Å². The molecule has 1 atom stereocenters. The lowest BCUT2D eigenvalue weighted by molar-refractivity contribution is 0.276. The van der Waals surface area contributed by atoms with E-state index in [1.54, 1.807) is 7.11 Å². The van der Waals surface area contributed by atoms with Crippen molar-refractivity contribution < 1.29 is 9.84 Å². The van der Waals surface area contributed by atoms with Gasteiger partial charge in [-0.1, -0.05) is 28.1 Å². The molecule has 2 rings (SSSR count). The Morgan fingerprint density at radius 2 is 1.90 bits per heavy atom. The minimum Gasteiger partial charge on any atom is -0.497 e. The van der Waals surface area contributed by atoms with E-state index in [4.69, 9.17) is 4.74 Å². The molecule has 4 heteroatoms. The zero-order valence-corrected chi connectivity index (χ0v) is 13.1. The summed E-state index contributed by atoms with van der Waals surface area (Å²) in [4.78, 5) is 0. The molecule has 1 unspecified atom stereocenters. The zero-order valence-electron chi connectivity index (χ0n) is 11.6. The number of methoxy groups -OCH3 is 1. The van der Waals surface area contributed by atoms with Crippen molar-refractivity contribution >= 4 is 21.6 Å². The van der Waals surface area contributed by atoms with Gasteiger partial charge in [-0.05, 0) is 48.4 Å². The van der Waals surface area contributed by atoms with Crippen LogP contribution in [0.4, 0.5) is 5.69 Å². The second-order valence-electron chi connectivity index (χ2n) is 4.62. The Balaban J connectivity index is 2.16. The average molecular weight is 336 g/mol. The Kier molecular flexibility index (Phi) is 5.04. The van der Waals surface area contributed by atoms with Gasteiger partial charge in [0.25, 0.3) is 0 Å². The minimum atomic E-state index is -0.129. The number of anilines is 1. The van der Waals surface area contributed by atoms with Gasteiger partial charge in [-0.2, -0.15) is 0 Å². The molecule has 2 aromatic rings. The molecule has 2 N–H and O–H groups in total. The van der Waals surface area contributed by atoms with Gasteiger partial charge in [0.2, 0.25) is 0 Å². The molecule has 2 aromatic carbocycles. The number of aliphatic hydroxyl groups is 1. The van der Waals surface area contributed by atoms with E-state index in [9.17, 15) is 5.11 Å². The van der Waals surface area contributed by atoms with Crippen LogP contribution >= 0.6 is 15.9 Å². The quantitative estimate of drug-likeness (QED) is 0.870. The molecule has 3 nitrogen and oxygen atoms in total. The van der Waals surface area contributed by atoms with E-state index in [-0.39, 0.29) is 12.6 Å². The lowest BCUT2D eigenvalue weighted by atomic mass is 10.0. The first-order valence-electron chi connectivity index (χ1n) is 6.41. The minimum absolute atomic E-state index is 0.0348. The van der Waals surface area contributed by atoms with Crippen LogP contribution in [0, 0.1) is 6.92 Å².